The van der Waals surface area contributed by atoms with Crippen molar-refractivity contribution in [2.45, 2.75) is 114 Å². The number of fused-ring (bicyclic) bond motifs is 5. The van der Waals surface area contributed by atoms with Crippen LogP contribution in [0, 0.1) is 34.5 Å². The second-order valence-corrected chi connectivity index (χ2v) is 13.4. The molecule has 6 aliphatic rings. The van der Waals surface area contributed by atoms with Gasteiger partial charge in [0.1, 0.15) is 31.2 Å². The van der Waals surface area contributed by atoms with E-state index >= 15 is 0 Å². The van der Waals surface area contributed by atoms with Gasteiger partial charge in [-0.05, 0) is 75.2 Å². The third kappa shape index (κ3) is 3.93. The predicted octanol–water partition coefficient (Wildman–Crippen LogP) is 0.606. The third-order valence-electron chi connectivity index (χ3n) is 11.8. The molecule has 10 heteroatoms. The van der Waals surface area contributed by atoms with Crippen LogP contribution in [-0.2, 0) is 23.8 Å². The topological polar surface area (TPSA) is 163 Å². The summed E-state index contributed by atoms with van der Waals surface area (Å²) in [5.41, 5.74) is -1.64. The molecule has 1 saturated heterocycles. The number of esters is 1. The average molecular weight is 551 g/mol. The zero-order chi connectivity index (χ0) is 27.9. The minimum atomic E-state index is -1.37. The summed E-state index contributed by atoms with van der Waals surface area (Å²) in [6.07, 6.45) is 0.686. The van der Waals surface area contributed by atoms with Crippen LogP contribution in [0.25, 0.3) is 0 Å². The molecule has 4 saturated carbocycles. The molecule has 2 heterocycles. The van der Waals surface area contributed by atoms with Crippen molar-refractivity contribution in [2.75, 3.05) is 6.61 Å². The first-order chi connectivity index (χ1) is 18.4. The standard InChI is InChI=1S/C29H42O10/c1-14-23(33)24(34)25(35)26(38-14)39-17-5-8-28(13-30)16(10-17)3-4-19-18(28)6-7-27(2)22(15-9-21(32)37-12-15)20(31)11-29(19,27)36/h9,13-14,16-20,22-26,31,33-36H,3-8,10-12H2,1-2H3/t14-,16+,17-,18-,19+,20-,22-,23-,24+,25+,26-,27-,28+,29+/m0/s1. The van der Waals surface area contributed by atoms with Crippen molar-refractivity contribution >= 4 is 12.3 Å². The molecule has 10 nitrogen and oxygen atoms in total. The van der Waals surface area contributed by atoms with Crippen LogP contribution in [0.2, 0.25) is 0 Å². The Bertz CT molecular complexity index is 1030. The fourth-order valence-corrected chi connectivity index (χ4v) is 9.82. The van der Waals surface area contributed by atoms with E-state index in [-0.39, 0.29) is 42.8 Å². The maximum atomic E-state index is 12.9. The molecule has 14 atom stereocenters. The van der Waals surface area contributed by atoms with Gasteiger partial charge < -0.3 is 44.5 Å². The summed E-state index contributed by atoms with van der Waals surface area (Å²) in [7, 11) is 0. The Morgan fingerprint density at radius 3 is 2.49 bits per heavy atom. The third-order valence-corrected chi connectivity index (χ3v) is 11.8. The van der Waals surface area contributed by atoms with E-state index in [2.05, 4.69) is 0 Å². The van der Waals surface area contributed by atoms with Crippen LogP contribution in [0.1, 0.15) is 65.2 Å². The Labute approximate surface area is 228 Å². The molecule has 0 amide bonds. The zero-order valence-corrected chi connectivity index (χ0v) is 22.6. The Morgan fingerprint density at radius 1 is 1.03 bits per heavy atom. The van der Waals surface area contributed by atoms with Crippen LogP contribution in [-0.4, -0.2) is 92.9 Å². The number of cyclic esters (lactones) is 1. The van der Waals surface area contributed by atoms with E-state index in [4.69, 9.17) is 14.2 Å². The lowest BCUT2D eigenvalue weighted by molar-refractivity contribution is -0.309. The number of aldehydes is 1. The van der Waals surface area contributed by atoms with Crippen molar-refractivity contribution in [1.29, 1.82) is 0 Å². The van der Waals surface area contributed by atoms with E-state index < -0.39 is 59.2 Å². The molecule has 0 spiro atoms. The molecular weight excluding hydrogens is 508 g/mol. The molecule has 4 aliphatic carbocycles. The molecule has 0 radical (unpaired) electrons. The minimum absolute atomic E-state index is 0.0253. The number of aliphatic hydroxyl groups is 5. The number of hydrogen-bond acceptors (Lipinski definition) is 10. The Kier molecular flexibility index (Phi) is 6.81. The van der Waals surface area contributed by atoms with Gasteiger partial charge in [0.15, 0.2) is 6.29 Å². The first-order valence-corrected chi connectivity index (χ1v) is 14.5. The van der Waals surface area contributed by atoms with Crippen LogP contribution in [0.5, 0.6) is 0 Å². The maximum absolute atomic E-state index is 12.9. The highest BCUT2D eigenvalue weighted by atomic mass is 16.7. The van der Waals surface area contributed by atoms with Crippen LogP contribution in [0.15, 0.2) is 11.6 Å². The molecule has 0 aromatic carbocycles. The maximum Gasteiger partial charge on any atom is 0.331 e. The molecule has 0 bridgehead atoms. The normalized spacial score (nSPS) is 55.2. The highest BCUT2D eigenvalue weighted by Gasteiger charge is 2.70. The van der Waals surface area contributed by atoms with Crippen molar-refractivity contribution < 1.29 is 49.3 Å². The minimum Gasteiger partial charge on any atom is -0.458 e. The lowest BCUT2D eigenvalue weighted by Crippen LogP contribution is -2.63. The van der Waals surface area contributed by atoms with Crippen molar-refractivity contribution in [2.24, 2.45) is 34.5 Å². The molecule has 0 aromatic heterocycles. The summed E-state index contributed by atoms with van der Waals surface area (Å²) in [6.45, 7) is 3.80. The van der Waals surface area contributed by atoms with Gasteiger partial charge in [0, 0.05) is 29.2 Å². The van der Waals surface area contributed by atoms with Gasteiger partial charge >= 0.3 is 5.97 Å². The van der Waals surface area contributed by atoms with E-state index in [0.717, 1.165) is 31.1 Å². The fraction of sp³-hybridized carbons (Fsp3) is 0.862. The summed E-state index contributed by atoms with van der Waals surface area (Å²) in [4.78, 5) is 24.7. The first kappa shape index (κ1) is 27.8. The van der Waals surface area contributed by atoms with Gasteiger partial charge in [-0.1, -0.05) is 6.92 Å². The molecule has 5 fully saturated rings. The van der Waals surface area contributed by atoms with Gasteiger partial charge in [-0.3, -0.25) is 0 Å². The SMILES string of the molecule is C[C@@H]1O[C@@H](O[C@H]2CC[C@@]3(C=O)[C@H](CC[C@@H]4[C@@H]3CC[C@@]3(C)[C@@H](C5=CC(=O)OC5)[C@@H](O)C[C@@]43O)C2)[C@H](O)[C@H](O)[C@H]1O. The molecule has 6 rings (SSSR count). The van der Waals surface area contributed by atoms with Crippen LogP contribution in [0.3, 0.4) is 0 Å². The Balaban J connectivity index is 1.21. The monoisotopic (exact) mass is 550 g/mol. The summed E-state index contributed by atoms with van der Waals surface area (Å²) < 4.78 is 16.9. The highest BCUT2D eigenvalue weighted by Crippen LogP contribution is 2.69. The van der Waals surface area contributed by atoms with E-state index in [0.29, 0.717) is 25.7 Å². The largest absolute Gasteiger partial charge is 0.458 e. The number of rotatable bonds is 4. The van der Waals surface area contributed by atoms with Gasteiger partial charge in [0.2, 0.25) is 0 Å². The summed E-state index contributed by atoms with van der Waals surface area (Å²) in [6, 6.07) is 0. The van der Waals surface area contributed by atoms with Crippen molar-refractivity contribution in [3.8, 4) is 0 Å². The quantitative estimate of drug-likeness (QED) is 0.190. The Morgan fingerprint density at radius 2 is 1.79 bits per heavy atom. The molecule has 39 heavy (non-hydrogen) atoms. The molecule has 0 unspecified atom stereocenters. The molecule has 2 aliphatic heterocycles. The van der Waals surface area contributed by atoms with Crippen molar-refractivity contribution in [1.82, 2.24) is 0 Å². The van der Waals surface area contributed by atoms with Crippen LogP contribution >= 0.6 is 0 Å². The smallest absolute Gasteiger partial charge is 0.331 e. The number of carbonyl (C=O) groups excluding carboxylic acids is 2. The molecule has 218 valence electrons. The molecule has 5 N–H and O–H groups in total. The van der Waals surface area contributed by atoms with E-state index in [1.54, 1.807) is 6.92 Å². The predicted molar refractivity (Wildman–Crippen MR) is 135 cm³/mol. The fourth-order valence-electron chi connectivity index (χ4n) is 9.82. The zero-order valence-electron chi connectivity index (χ0n) is 22.6. The van der Waals surface area contributed by atoms with E-state index in [9.17, 15) is 35.1 Å². The second kappa shape index (κ2) is 9.58. The average Bonchev–Trinajstić information content (AvgIpc) is 3.41. The first-order valence-electron chi connectivity index (χ1n) is 14.5. The summed E-state index contributed by atoms with van der Waals surface area (Å²) in [5, 5.41) is 54.1. The number of carbonyl (C=O) groups is 2. The Hall–Kier alpha value is -1.40. The lowest BCUT2D eigenvalue weighted by atomic mass is 9.43. The second-order valence-electron chi connectivity index (χ2n) is 13.4. The van der Waals surface area contributed by atoms with Crippen molar-refractivity contribution in [3.05, 3.63) is 11.6 Å². The van der Waals surface area contributed by atoms with Crippen molar-refractivity contribution in [3.63, 3.8) is 0 Å². The van der Waals surface area contributed by atoms with Gasteiger partial charge in [-0.2, -0.15) is 0 Å². The van der Waals surface area contributed by atoms with Gasteiger partial charge in [-0.25, -0.2) is 4.79 Å². The van der Waals surface area contributed by atoms with Crippen LogP contribution < -0.4 is 0 Å². The summed E-state index contributed by atoms with van der Waals surface area (Å²) >= 11 is 0. The molecule has 0 aromatic rings. The van der Waals surface area contributed by atoms with Gasteiger partial charge in [0.25, 0.3) is 0 Å². The molecular formula is C29H42O10. The van der Waals surface area contributed by atoms with Gasteiger partial charge in [-0.15, -0.1) is 0 Å². The number of aliphatic hydroxyl groups excluding tert-OH is 4. The van der Waals surface area contributed by atoms with E-state index in [1.165, 1.54) is 6.08 Å². The van der Waals surface area contributed by atoms with Gasteiger partial charge in [0.05, 0.1) is 23.9 Å². The highest BCUT2D eigenvalue weighted by molar-refractivity contribution is 5.85. The lowest BCUT2D eigenvalue weighted by Gasteiger charge is -2.63. The summed E-state index contributed by atoms with van der Waals surface area (Å²) in [5.74, 6) is -0.892. The van der Waals surface area contributed by atoms with Crippen LogP contribution in [0.4, 0.5) is 0 Å². The number of hydrogen-bond donors (Lipinski definition) is 5. The number of ether oxygens (including phenoxy) is 3. The van der Waals surface area contributed by atoms with E-state index in [1.807, 2.05) is 6.92 Å².